The minimum absolute atomic E-state index is 0.551. The van der Waals surface area contributed by atoms with Gasteiger partial charge in [0.25, 0.3) is 0 Å². The molecule has 3 aromatic heterocycles. The van der Waals surface area contributed by atoms with Gasteiger partial charge in [-0.3, -0.25) is 4.98 Å². The molecule has 20 heavy (non-hydrogen) atoms. The maximum atomic E-state index is 4.46. The Kier molecular flexibility index (Phi) is 3.64. The molecule has 98 valence electrons. The summed E-state index contributed by atoms with van der Waals surface area (Å²) < 4.78 is 2.36. The van der Waals surface area contributed by atoms with Crippen LogP contribution in [0.2, 0.25) is 0 Å². The summed E-state index contributed by atoms with van der Waals surface area (Å²) in [4.78, 5) is 12.8. The van der Waals surface area contributed by atoms with E-state index in [2.05, 4.69) is 36.3 Å². The summed E-state index contributed by atoms with van der Waals surface area (Å²) >= 11 is 3.34. The number of rotatable bonds is 3. The zero-order valence-electron chi connectivity index (χ0n) is 10.4. The number of halogens is 1. The van der Waals surface area contributed by atoms with Gasteiger partial charge in [-0.2, -0.15) is 10.1 Å². The molecule has 0 unspecified atom stereocenters. The van der Waals surface area contributed by atoms with E-state index in [0.717, 1.165) is 5.56 Å². The summed E-state index contributed by atoms with van der Waals surface area (Å²) in [5, 5.41) is 0. The van der Waals surface area contributed by atoms with Crippen molar-refractivity contribution in [2.75, 3.05) is 0 Å². The predicted octanol–water partition coefficient (Wildman–Crippen LogP) is 3.06. The van der Waals surface area contributed by atoms with Crippen LogP contribution in [0.3, 0.4) is 0 Å². The molecule has 0 amide bonds. The topological polar surface area (TPSA) is 56.7 Å². The third-order valence-electron chi connectivity index (χ3n) is 2.59. The van der Waals surface area contributed by atoms with Crippen molar-refractivity contribution >= 4 is 21.7 Å². The van der Waals surface area contributed by atoms with Crippen molar-refractivity contribution in [3.05, 3.63) is 71.3 Å². The second-order valence-corrected chi connectivity index (χ2v) is 4.77. The molecule has 3 aromatic rings. The lowest BCUT2D eigenvalue weighted by Crippen LogP contribution is -2.26. The van der Waals surface area contributed by atoms with Crippen LogP contribution >= 0.6 is 15.9 Å². The number of pyridine rings is 2. The van der Waals surface area contributed by atoms with Crippen molar-refractivity contribution in [2.45, 2.75) is 0 Å². The van der Waals surface area contributed by atoms with Gasteiger partial charge >= 0.3 is 0 Å². The van der Waals surface area contributed by atoms with Crippen molar-refractivity contribution in [1.82, 2.24) is 15.0 Å². The summed E-state index contributed by atoms with van der Waals surface area (Å²) in [6, 6.07) is 9.50. The van der Waals surface area contributed by atoms with Gasteiger partial charge in [0, 0.05) is 35.9 Å². The fraction of sp³-hybridized carbons (Fsp3) is 0. The van der Waals surface area contributed by atoms with Crippen LogP contribution in [0.4, 0.5) is 5.82 Å². The van der Waals surface area contributed by atoms with Gasteiger partial charge < -0.3 is 4.98 Å². The first-order valence-corrected chi connectivity index (χ1v) is 6.73. The quantitative estimate of drug-likeness (QED) is 0.695. The number of aromatic nitrogens is 4. The molecule has 0 saturated carbocycles. The smallest absolute Gasteiger partial charge is 0.182 e. The normalized spacial score (nSPS) is 10.2. The fourth-order valence-electron chi connectivity index (χ4n) is 1.70. The molecule has 5 nitrogen and oxygen atoms in total. The lowest BCUT2D eigenvalue weighted by Gasteiger charge is -2.13. The van der Waals surface area contributed by atoms with Gasteiger partial charge in [0.1, 0.15) is 4.60 Å². The second kappa shape index (κ2) is 5.75. The second-order valence-electron chi connectivity index (χ2n) is 3.96. The Morgan fingerprint density at radius 1 is 1.05 bits per heavy atom. The fourth-order valence-corrected chi connectivity index (χ4v) is 1.98. The minimum Gasteiger partial charge on any atom is -0.434 e. The first-order chi connectivity index (χ1) is 9.83. The monoisotopic (exact) mass is 327 g/mol. The predicted molar refractivity (Wildman–Crippen MR) is 78.0 cm³/mol. The molecule has 0 spiro atoms. The van der Waals surface area contributed by atoms with Crippen molar-refractivity contribution in [3.8, 4) is 11.3 Å². The van der Waals surface area contributed by atoms with Crippen LogP contribution in [-0.4, -0.2) is 15.0 Å². The van der Waals surface area contributed by atoms with Gasteiger partial charge in [0.2, 0.25) is 0 Å². The van der Waals surface area contributed by atoms with Gasteiger partial charge in [0.05, 0.1) is 5.69 Å². The molecule has 0 fully saturated rings. The molecule has 0 aliphatic rings. The van der Waals surface area contributed by atoms with Crippen LogP contribution in [0.25, 0.3) is 16.7 Å². The largest absolute Gasteiger partial charge is 0.434 e. The molecule has 0 saturated heterocycles. The van der Waals surface area contributed by atoms with E-state index in [1.165, 1.54) is 0 Å². The summed E-state index contributed by atoms with van der Waals surface area (Å²) in [5.74, 6) is 0.551. The number of nitrogens with zero attached hydrogens (tertiary/aromatic N) is 5. The lowest BCUT2D eigenvalue weighted by molar-refractivity contribution is -0.619. The Morgan fingerprint density at radius 3 is 2.55 bits per heavy atom. The summed E-state index contributed by atoms with van der Waals surface area (Å²) in [5.41, 5.74) is 6.09. The van der Waals surface area contributed by atoms with Gasteiger partial charge in [-0.15, -0.1) is 0 Å². The molecule has 3 heterocycles. The van der Waals surface area contributed by atoms with Crippen LogP contribution in [-0.2, 0) is 0 Å². The van der Waals surface area contributed by atoms with Crippen molar-refractivity contribution < 1.29 is 4.68 Å². The van der Waals surface area contributed by atoms with E-state index in [4.69, 9.17) is 0 Å². The van der Waals surface area contributed by atoms with E-state index in [1.54, 1.807) is 23.3 Å². The van der Waals surface area contributed by atoms with E-state index in [0.29, 0.717) is 16.1 Å². The van der Waals surface area contributed by atoms with Gasteiger partial charge in [-0.05, 0) is 34.3 Å². The first kappa shape index (κ1) is 12.7. The standard InChI is InChI=1S/C14H10BrN5/c15-12-10-17-14(19-20-8-2-1-3-9-20)13(18-12)11-4-6-16-7-5-11/h1-10H. The number of hydrogen-bond donors (Lipinski definition) is 0. The Labute approximate surface area is 124 Å². The third kappa shape index (κ3) is 2.80. The molecule has 0 bridgehead atoms. The molecule has 0 radical (unpaired) electrons. The maximum absolute atomic E-state index is 4.46. The van der Waals surface area contributed by atoms with E-state index in [-0.39, 0.29) is 0 Å². The Bertz CT molecular complexity index is 703. The summed E-state index contributed by atoms with van der Waals surface area (Å²) in [6.07, 6.45) is 8.77. The molecule has 0 aliphatic carbocycles. The highest BCUT2D eigenvalue weighted by Gasteiger charge is 2.06. The SMILES string of the molecule is Brc1cnc([N-][n+]2ccccc2)c(-c2ccncc2)n1. The van der Waals surface area contributed by atoms with Gasteiger partial charge in [-0.1, -0.05) is 6.07 Å². The van der Waals surface area contributed by atoms with Gasteiger partial charge in [-0.25, -0.2) is 4.98 Å². The molecular formula is C14H10BrN5. The molecule has 0 atom stereocenters. The molecule has 3 rings (SSSR count). The van der Waals surface area contributed by atoms with Crippen LogP contribution in [0.5, 0.6) is 0 Å². The summed E-state index contributed by atoms with van der Waals surface area (Å²) in [6.45, 7) is 0. The highest BCUT2D eigenvalue weighted by molar-refractivity contribution is 9.10. The molecule has 0 aromatic carbocycles. The van der Waals surface area contributed by atoms with Crippen molar-refractivity contribution in [3.63, 3.8) is 0 Å². The van der Waals surface area contributed by atoms with Crippen LogP contribution in [0.15, 0.2) is 65.9 Å². The Hall–Kier alpha value is -2.34. The zero-order valence-corrected chi connectivity index (χ0v) is 12.0. The van der Waals surface area contributed by atoms with E-state index < -0.39 is 0 Å². The highest BCUT2D eigenvalue weighted by atomic mass is 79.9. The van der Waals surface area contributed by atoms with E-state index in [1.807, 2.05) is 42.7 Å². The van der Waals surface area contributed by atoms with E-state index in [9.17, 15) is 0 Å². The minimum atomic E-state index is 0.551. The molecule has 6 heteroatoms. The number of hydrogen-bond acceptors (Lipinski definition) is 3. The maximum Gasteiger partial charge on any atom is 0.182 e. The van der Waals surface area contributed by atoms with Gasteiger partial charge in [0.15, 0.2) is 12.4 Å². The van der Waals surface area contributed by atoms with Crippen molar-refractivity contribution in [1.29, 1.82) is 0 Å². The Morgan fingerprint density at radius 2 is 1.80 bits per heavy atom. The first-order valence-electron chi connectivity index (χ1n) is 5.94. The average molecular weight is 328 g/mol. The van der Waals surface area contributed by atoms with E-state index >= 15 is 0 Å². The van der Waals surface area contributed by atoms with Crippen LogP contribution < -0.4 is 4.68 Å². The lowest BCUT2D eigenvalue weighted by atomic mass is 10.2. The van der Waals surface area contributed by atoms with Crippen molar-refractivity contribution in [2.24, 2.45) is 0 Å². The third-order valence-corrected chi connectivity index (χ3v) is 2.97. The highest BCUT2D eigenvalue weighted by Crippen LogP contribution is 2.28. The molecular weight excluding hydrogens is 318 g/mol. The summed E-state index contributed by atoms with van der Waals surface area (Å²) in [7, 11) is 0. The molecule has 0 N–H and O–H groups in total. The average Bonchev–Trinajstić information content (AvgIpc) is 2.51. The Balaban J connectivity index is 2.03. The molecule has 0 aliphatic heterocycles. The van der Waals surface area contributed by atoms with Crippen LogP contribution in [0, 0.1) is 0 Å². The zero-order chi connectivity index (χ0) is 13.8. The van der Waals surface area contributed by atoms with Crippen LogP contribution in [0.1, 0.15) is 0 Å².